The molecule has 1 aromatic carbocycles. The first-order valence-corrected chi connectivity index (χ1v) is 5.06. The second-order valence-electron chi connectivity index (χ2n) is 3.37. The predicted octanol–water partition coefficient (Wildman–Crippen LogP) is 1.51. The Hall–Kier alpha value is -1.93. The number of esters is 1. The average Bonchev–Trinajstić information content (AvgIpc) is 2.38. The second kappa shape index (κ2) is 5.41. The highest BCUT2D eigenvalue weighted by Gasteiger charge is 2.47. The van der Waals surface area contributed by atoms with E-state index in [4.69, 9.17) is 5.26 Å². The van der Waals surface area contributed by atoms with Gasteiger partial charge < -0.3 is 9.84 Å². The Bertz CT molecular complexity index is 429. The van der Waals surface area contributed by atoms with E-state index < -0.39 is 17.7 Å². The van der Waals surface area contributed by atoms with Crippen LogP contribution in [0.1, 0.15) is 18.7 Å². The number of carbonyl (C=O) groups is 1. The number of alkyl halides is 1. The Labute approximate surface area is 98.2 Å². The molecule has 0 aliphatic rings. The summed E-state index contributed by atoms with van der Waals surface area (Å²) < 4.78 is 18.5. The van der Waals surface area contributed by atoms with Gasteiger partial charge in [0.2, 0.25) is 0 Å². The van der Waals surface area contributed by atoms with Crippen molar-refractivity contribution in [1.82, 2.24) is 0 Å². The average molecular weight is 237 g/mol. The van der Waals surface area contributed by atoms with Crippen molar-refractivity contribution in [2.24, 2.45) is 0 Å². The number of nitriles is 1. The van der Waals surface area contributed by atoms with E-state index >= 15 is 0 Å². The maximum absolute atomic E-state index is 14.0. The van der Waals surface area contributed by atoms with Crippen molar-refractivity contribution in [1.29, 1.82) is 5.26 Å². The van der Waals surface area contributed by atoms with E-state index in [-0.39, 0.29) is 12.2 Å². The van der Waals surface area contributed by atoms with Gasteiger partial charge in [0.15, 0.2) is 6.17 Å². The van der Waals surface area contributed by atoms with E-state index in [0.29, 0.717) is 0 Å². The SMILES string of the molecule is CCOC(=O)C(O)(C#N)C(F)c1ccccc1. The fourth-order valence-corrected chi connectivity index (χ4v) is 1.31. The van der Waals surface area contributed by atoms with Crippen molar-refractivity contribution in [2.45, 2.75) is 18.7 Å². The Kier molecular flexibility index (Phi) is 4.18. The van der Waals surface area contributed by atoms with Crippen LogP contribution in [0.5, 0.6) is 0 Å². The number of hydrogen-bond acceptors (Lipinski definition) is 4. The first-order chi connectivity index (χ1) is 8.06. The normalized spacial score (nSPS) is 15.4. The van der Waals surface area contributed by atoms with Crippen LogP contribution in [0.2, 0.25) is 0 Å². The topological polar surface area (TPSA) is 70.3 Å². The molecule has 0 bridgehead atoms. The van der Waals surface area contributed by atoms with Crippen molar-refractivity contribution in [2.75, 3.05) is 6.61 Å². The van der Waals surface area contributed by atoms with Crippen molar-refractivity contribution in [3.8, 4) is 6.07 Å². The van der Waals surface area contributed by atoms with Gasteiger partial charge in [0.25, 0.3) is 5.60 Å². The Morgan fingerprint density at radius 2 is 2.18 bits per heavy atom. The van der Waals surface area contributed by atoms with Gasteiger partial charge in [-0.15, -0.1) is 0 Å². The third-order valence-electron chi connectivity index (χ3n) is 2.22. The van der Waals surface area contributed by atoms with E-state index in [0.717, 1.165) is 0 Å². The van der Waals surface area contributed by atoms with E-state index in [1.807, 2.05) is 0 Å². The summed E-state index contributed by atoms with van der Waals surface area (Å²) in [6, 6.07) is 8.78. The Morgan fingerprint density at radius 3 is 2.65 bits per heavy atom. The van der Waals surface area contributed by atoms with Gasteiger partial charge in [-0.05, 0) is 12.5 Å². The predicted molar refractivity (Wildman–Crippen MR) is 57.5 cm³/mol. The molecule has 0 radical (unpaired) electrons. The van der Waals surface area contributed by atoms with Gasteiger partial charge in [-0.1, -0.05) is 30.3 Å². The second-order valence-corrected chi connectivity index (χ2v) is 3.37. The first-order valence-electron chi connectivity index (χ1n) is 5.06. The summed E-state index contributed by atoms with van der Waals surface area (Å²) in [6.07, 6.45) is -2.15. The van der Waals surface area contributed by atoms with E-state index in [9.17, 15) is 14.3 Å². The summed E-state index contributed by atoms with van der Waals surface area (Å²) in [7, 11) is 0. The highest BCUT2D eigenvalue weighted by Crippen LogP contribution is 2.30. The van der Waals surface area contributed by atoms with Gasteiger partial charge in [0, 0.05) is 0 Å². The number of benzene rings is 1. The molecular weight excluding hydrogens is 225 g/mol. The maximum Gasteiger partial charge on any atom is 0.356 e. The monoisotopic (exact) mass is 237 g/mol. The molecule has 0 saturated heterocycles. The lowest BCUT2D eigenvalue weighted by molar-refractivity contribution is -0.165. The molecule has 0 saturated carbocycles. The van der Waals surface area contributed by atoms with Crippen molar-refractivity contribution in [3.05, 3.63) is 35.9 Å². The minimum atomic E-state index is -2.81. The number of carbonyl (C=O) groups excluding carboxylic acids is 1. The number of aliphatic hydroxyl groups is 1. The molecule has 1 aromatic rings. The smallest absolute Gasteiger partial charge is 0.356 e. The van der Waals surface area contributed by atoms with Gasteiger partial charge in [0.05, 0.1) is 6.61 Å². The molecule has 1 rings (SSSR count). The molecule has 1 N–H and O–H groups in total. The minimum absolute atomic E-state index is 0.0374. The van der Waals surface area contributed by atoms with Crippen molar-refractivity contribution in [3.63, 3.8) is 0 Å². The number of hydrogen-bond donors (Lipinski definition) is 1. The molecule has 5 heteroatoms. The highest BCUT2D eigenvalue weighted by molar-refractivity contribution is 5.83. The molecule has 0 fully saturated rings. The molecule has 0 amide bonds. The van der Waals surface area contributed by atoms with E-state index in [2.05, 4.69) is 4.74 Å². The molecule has 0 aliphatic carbocycles. The first kappa shape index (κ1) is 13.1. The van der Waals surface area contributed by atoms with E-state index in [1.165, 1.54) is 25.1 Å². The zero-order valence-electron chi connectivity index (χ0n) is 9.26. The molecule has 0 aromatic heterocycles. The molecule has 4 nitrogen and oxygen atoms in total. The number of nitrogens with zero attached hydrogens (tertiary/aromatic N) is 1. The van der Waals surface area contributed by atoms with Crippen LogP contribution in [0.15, 0.2) is 30.3 Å². The lowest BCUT2D eigenvalue weighted by Crippen LogP contribution is -2.43. The van der Waals surface area contributed by atoms with Crippen LogP contribution in [-0.4, -0.2) is 23.3 Å². The minimum Gasteiger partial charge on any atom is -0.463 e. The summed E-state index contributed by atoms with van der Waals surface area (Å²) in [5, 5.41) is 18.5. The van der Waals surface area contributed by atoms with Gasteiger partial charge in [-0.25, -0.2) is 9.18 Å². The van der Waals surface area contributed by atoms with Gasteiger partial charge >= 0.3 is 5.97 Å². The van der Waals surface area contributed by atoms with Gasteiger partial charge in [-0.3, -0.25) is 0 Å². The van der Waals surface area contributed by atoms with Crippen LogP contribution < -0.4 is 0 Å². The van der Waals surface area contributed by atoms with Crippen LogP contribution in [-0.2, 0) is 9.53 Å². The molecule has 2 atom stereocenters. The Morgan fingerprint density at radius 1 is 1.59 bits per heavy atom. The maximum atomic E-state index is 14.0. The lowest BCUT2D eigenvalue weighted by atomic mass is 9.94. The molecule has 0 spiro atoms. The number of ether oxygens (including phenoxy) is 1. The third-order valence-corrected chi connectivity index (χ3v) is 2.22. The zero-order valence-corrected chi connectivity index (χ0v) is 9.26. The molecule has 0 aliphatic heterocycles. The van der Waals surface area contributed by atoms with Gasteiger partial charge in [0.1, 0.15) is 6.07 Å². The molecule has 17 heavy (non-hydrogen) atoms. The lowest BCUT2D eigenvalue weighted by Gasteiger charge is -2.22. The quantitative estimate of drug-likeness (QED) is 0.636. The molecular formula is C12H12FNO3. The highest BCUT2D eigenvalue weighted by atomic mass is 19.1. The summed E-state index contributed by atoms with van der Waals surface area (Å²) in [5.41, 5.74) is -2.76. The number of rotatable bonds is 4. The van der Waals surface area contributed by atoms with Crippen molar-refractivity contribution >= 4 is 5.97 Å². The van der Waals surface area contributed by atoms with Gasteiger partial charge in [-0.2, -0.15) is 5.26 Å². The number of halogens is 1. The summed E-state index contributed by atoms with van der Waals surface area (Å²) in [4.78, 5) is 11.4. The van der Waals surface area contributed by atoms with Crippen LogP contribution in [0, 0.1) is 11.3 Å². The summed E-state index contributed by atoms with van der Waals surface area (Å²) in [5.74, 6) is -1.28. The van der Waals surface area contributed by atoms with E-state index in [1.54, 1.807) is 18.2 Å². The summed E-state index contributed by atoms with van der Waals surface area (Å²) in [6.45, 7) is 1.47. The Balaban J connectivity index is 3.03. The third kappa shape index (κ3) is 2.60. The van der Waals surface area contributed by atoms with Crippen molar-refractivity contribution < 1.29 is 19.0 Å². The standard InChI is InChI=1S/C12H12FNO3/c1-2-17-11(15)12(16,8-14)10(13)9-6-4-3-5-7-9/h3-7,10,16H,2H2,1H3. The summed E-state index contributed by atoms with van der Waals surface area (Å²) >= 11 is 0. The molecule has 0 heterocycles. The fraction of sp³-hybridized carbons (Fsp3) is 0.333. The van der Waals surface area contributed by atoms with Crippen LogP contribution in [0.4, 0.5) is 4.39 Å². The van der Waals surface area contributed by atoms with Crippen LogP contribution in [0.25, 0.3) is 0 Å². The van der Waals surface area contributed by atoms with Crippen LogP contribution in [0.3, 0.4) is 0 Å². The molecule has 2 unspecified atom stereocenters. The molecule has 90 valence electrons. The van der Waals surface area contributed by atoms with Crippen LogP contribution >= 0.6 is 0 Å². The fourth-order valence-electron chi connectivity index (χ4n) is 1.31. The largest absolute Gasteiger partial charge is 0.463 e. The zero-order chi connectivity index (χ0) is 12.9.